The van der Waals surface area contributed by atoms with Crippen molar-refractivity contribution in [1.82, 2.24) is 25.3 Å². The summed E-state index contributed by atoms with van der Waals surface area (Å²) in [5, 5.41) is 21.4. The number of benzene rings is 3. The fraction of sp³-hybridized carbons (Fsp3) is 0.172. The number of hydrogen-bond donors (Lipinski definition) is 7. The van der Waals surface area contributed by atoms with E-state index in [1.54, 1.807) is 59.6 Å². The first-order chi connectivity index (χ1) is 21.4. The number of imidazole rings is 2. The van der Waals surface area contributed by atoms with Gasteiger partial charge in [-0.25, -0.2) is 24.5 Å². The summed E-state index contributed by atoms with van der Waals surface area (Å²) < 4.78 is 0. The van der Waals surface area contributed by atoms with Crippen molar-refractivity contribution in [2.45, 2.75) is 21.8 Å². The van der Waals surface area contributed by atoms with Gasteiger partial charge in [0.1, 0.15) is 4.98 Å². The van der Waals surface area contributed by atoms with Crippen molar-refractivity contribution in [3.05, 3.63) is 69.7 Å². The Hall–Kier alpha value is -5.02. The van der Waals surface area contributed by atoms with Gasteiger partial charge in [0, 0.05) is 52.0 Å². The van der Waals surface area contributed by atoms with Crippen molar-refractivity contribution in [1.29, 1.82) is 10.5 Å². The molecule has 0 aliphatic heterocycles. The minimum atomic E-state index is -0.319. The van der Waals surface area contributed by atoms with Gasteiger partial charge in [0.25, 0.3) is 0 Å². The number of anilines is 4. The van der Waals surface area contributed by atoms with Crippen molar-refractivity contribution >= 4 is 108 Å². The SMILES string of the molecule is C.C.CC#N.CN=C=O.CNC(=O)Nc1nc2ccc(Cl)cc2[nH]1.N#CBr.Nc1ccc(Cl)cc1N.Nc1nc2ccc(Cl)cc2[nH]1. The van der Waals surface area contributed by atoms with Crippen LogP contribution in [0.25, 0.3) is 22.1 Å². The fourth-order valence-electron chi connectivity index (χ4n) is 2.76. The molecule has 0 aliphatic carbocycles. The predicted octanol–water partition coefficient (Wildman–Crippen LogP) is 7.89. The minimum Gasteiger partial charge on any atom is -0.397 e. The number of hydrogen-bond acceptors (Lipinski definition) is 10. The van der Waals surface area contributed by atoms with Crippen LogP contribution in [0.4, 0.5) is 28.1 Å². The van der Waals surface area contributed by atoms with Gasteiger partial charge in [-0.2, -0.15) is 10.5 Å². The molecule has 18 heteroatoms. The number of H-pyrrole nitrogens is 2. The first kappa shape index (κ1) is 46.4. The molecule has 0 aliphatic rings. The average Bonchev–Trinajstić information content (AvgIpc) is 3.57. The third-order valence-corrected chi connectivity index (χ3v) is 5.21. The highest BCUT2D eigenvalue weighted by Crippen LogP contribution is 2.20. The Morgan fingerprint density at radius 2 is 1.30 bits per heavy atom. The second-order valence-electron chi connectivity index (χ2n) is 7.63. The Morgan fingerprint density at radius 1 is 0.872 bits per heavy atom. The van der Waals surface area contributed by atoms with Crippen molar-refractivity contribution in [3.8, 4) is 11.0 Å². The topological polar surface area (TPSA) is 254 Å². The summed E-state index contributed by atoms with van der Waals surface area (Å²) in [6, 6.07) is 17.1. The summed E-state index contributed by atoms with van der Waals surface area (Å²) in [5.41, 5.74) is 20.6. The highest BCUT2D eigenvalue weighted by atomic mass is 79.9. The molecule has 0 atom stereocenters. The van der Waals surface area contributed by atoms with E-state index >= 15 is 0 Å². The van der Waals surface area contributed by atoms with E-state index in [0.29, 0.717) is 38.3 Å². The number of aromatic amines is 2. The van der Waals surface area contributed by atoms with E-state index in [0.717, 1.165) is 22.1 Å². The summed E-state index contributed by atoms with van der Waals surface area (Å²) in [6.07, 6.45) is 1.31. The smallest absolute Gasteiger partial charge is 0.321 e. The van der Waals surface area contributed by atoms with Crippen molar-refractivity contribution in [3.63, 3.8) is 0 Å². The van der Waals surface area contributed by atoms with Gasteiger partial charge in [0.05, 0.1) is 39.5 Å². The lowest BCUT2D eigenvalue weighted by atomic mass is 10.3. The van der Waals surface area contributed by atoms with Crippen LogP contribution in [-0.2, 0) is 4.79 Å². The number of amides is 2. The molecule has 0 unspecified atom stereocenters. The highest BCUT2D eigenvalue weighted by molar-refractivity contribution is 9.12. The number of urea groups is 1. The molecular weight excluding hydrogens is 735 g/mol. The number of rotatable bonds is 1. The number of nitrogens with two attached hydrogens (primary N) is 3. The van der Waals surface area contributed by atoms with Crippen LogP contribution >= 0.6 is 50.7 Å². The lowest BCUT2D eigenvalue weighted by molar-refractivity contribution is 0.254. The van der Waals surface area contributed by atoms with Gasteiger partial charge < -0.3 is 32.5 Å². The molecule has 0 spiro atoms. The number of carbonyl (C=O) groups excluding carboxylic acids is 2. The minimum absolute atomic E-state index is 0. The summed E-state index contributed by atoms with van der Waals surface area (Å²) in [7, 11) is 2.92. The van der Waals surface area contributed by atoms with E-state index in [-0.39, 0.29) is 20.9 Å². The Morgan fingerprint density at radius 3 is 1.72 bits per heavy atom. The molecule has 0 saturated heterocycles. The highest BCUT2D eigenvalue weighted by Gasteiger charge is 2.05. The van der Waals surface area contributed by atoms with Gasteiger partial charge in [-0.1, -0.05) is 49.7 Å². The van der Waals surface area contributed by atoms with Crippen LogP contribution in [0.1, 0.15) is 21.8 Å². The van der Waals surface area contributed by atoms with E-state index in [1.165, 1.54) is 27.1 Å². The van der Waals surface area contributed by atoms with Crippen LogP contribution in [0.5, 0.6) is 0 Å². The molecule has 3 aromatic carbocycles. The molecule has 5 aromatic rings. The van der Waals surface area contributed by atoms with Gasteiger partial charge >= 0.3 is 6.03 Å². The standard InChI is InChI=1S/C9H9ClN4O.C7H6ClN3.C6H7ClN2.C2H3NO.C2H3N.CBrN.2CH4/c1-11-9(15)14-8-12-6-3-2-5(10)4-7(6)13-8;8-4-1-2-5-6(3-4)11-7(9)10-5;7-4-1-2-5(8)6(9)3-4;1-3-2-4;1-2-3;2-1-3;;/h2-4H,1H3,(H3,11,12,13,14,15);1-3H,(H3,9,10,11);1-3H,8-9H2;1H3;1H3;;2*1H4. The third kappa shape index (κ3) is 19.2. The summed E-state index contributed by atoms with van der Waals surface area (Å²) >= 11 is 19.6. The van der Waals surface area contributed by atoms with Crippen LogP contribution in [0.2, 0.25) is 15.1 Å². The van der Waals surface area contributed by atoms with E-state index in [1.807, 2.05) is 6.07 Å². The van der Waals surface area contributed by atoms with E-state index < -0.39 is 0 Å². The van der Waals surface area contributed by atoms with Crippen LogP contribution in [0.3, 0.4) is 0 Å². The Kier molecular flexibility index (Phi) is 25.9. The monoisotopic (exact) mass is 768 g/mol. The Labute approximate surface area is 296 Å². The number of nitriles is 2. The molecule has 0 saturated carbocycles. The zero-order valence-electron chi connectivity index (χ0n) is 24.0. The lowest BCUT2D eigenvalue weighted by Crippen LogP contribution is -2.24. The van der Waals surface area contributed by atoms with E-state index in [2.05, 4.69) is 51.5 Å². The third-order valence-electron chi connectivity index (χ3n) is 4.51. The second-order valence-corrected chi connectivity index (χ2v) is 9.29. The molecular formula is C29H36BrCl3N12O2. The first-order valence-corrected chi connectivity index (χ1v) is 13.9. The number of nitrogens with zero attached hydrogens (tertiary/aromatic N) is 5. The molecule has 2 aromatic heterocycles. The zero-order valence-corrected chi connectivity index (χ0v) is 27.8. The first-order valence-electron chi connectivity index (χ1n) is 12.0. The number of fused-ring (bicyclic) bond motifs is 2. The Bertz CT molecular complexity index is 1780. The largest absolute Gasteiger partial charge is 0.397 e. The Balaban J connectivity index is -0.000000542. The molecule has 5 rings (SSSR count). The number of nitrogens with one attached hydrogen (secondary N) is 4. The molecule has 10 N–H and O–H groups in total. The molecule has 14 nitrogen and oxygen atoms in total. The van der Waals surface area contributed by atoms with Crippen LogP contribution in [0.15, 0.2) is 59.6 Å². The maximum absolute atomic E-state index is 11.0. The number of halogens is 4. The van der Waals surface area contributed by atoms with Crippen LogP contribution in [0, 0.1) is 21.6 Å². The van der Waals surface area contributed by atoms with Gasteiger partial charge in [-0.05, 0) is 54.6 Å². The maximum Gasteiger partial charge on any atom is 0.321 e. The number of isocyanates is 1. The number of nitrogen functional groups attached to an aromatic ring is 3. The van der Waals surface area contributed by atoms with Crippen molar-refractivity contribution in [2.75, 3.05) is 36.6 Å². The van der Waals surface area contributed by atoms with Crippen molar-refractivity contribution < 1.29 is 9.59 Å². The molecule has 0 bridgehead atoms. The fourth-order valence-corrected chi connectivity index (χ4v) is 3.28. The average molecular weight is 771 g/mol. The van der Waals surface area contributed by atoms with Crippen LogP contribution < -0.4 is 27.8 Å². The van der Waals surface area contributed by atoms with Crippen LogP contribution in [-0.4, -0.2) is 46.1 Å². The van der Waals surface area contributed by atoms with Crippen molar-refractivity contribution in [2.24, 2.45) is 4.99 Å². The molecule has 2 amide bonds. The van der Waals surface area contributed by atoms with Gasteiger partial charge in [0.15, 0.2) is 5.95 Å². The van der Waals surface area contributed by atoms with Gasteiger partial charge in [-0.15, -0.1) is 0 Å². The zero-order chi connectivity index (χ0) is 34.4. The summed E-state index contributed by atoms with van der Waals surface area (Å²) in [5.74, 6) is 0.814. The molecule has 47 heavy (non-hydrogen) atoms. The quantitative estimate of drug-likeness (QED) is 0.0496. The number of aromatic nitrogens is 4. The molecule has 2 heterocycles. The lowest BCUT2D eigenvalue weighted by Gasteiger charge is -1.97. The number of carbonyl (C=O) groups is 1. The van der Waals surface area contributed by atoms with E-state index in [9.17, 15) is 4.79 Å². The van der Waals surface area contributed by atoms with Gasteiger partial charge in [0.2, 0.25) is 12.0 Å². The normalized spacial score (nSPS) is 8.28. The molecule has 252 valence electrons. The maximum atomic E-state index is 11.0. The second kappa shape index (κ2) is 26.2. The predicted molar refractivity (Wildman–Crippen MR) is 198 cm³/mol. The van der Waals surface area contributed by atoms with Gasteiger partial charge in [-0.3, -0.25) is 5.32 Å². The summed E-state index contributed by atoms with van der Waals surface area (Å²) in [6.45, 7) is 1.43. The molecule has 0 fully saturated rings. The van der Waals surface area contributed by atoms with E-state index in [4.69, 9.17) is 67.3 Å². The number of aliphatic imine (C=N–C) groups is 1. The molecule has 0 radical (unpaired) electrons. The summed E-state index contributed by atoms with van der Waals surface area (Å²) in [4.78, 5) is 38.4.